The van der Waals surface area contributed by atoms with E-state index in [1.165, 1.54) is 29.1 Å². The lowest BCUT2D eigenvalue weighted by molar-refractivity contribution is 0.0953. The lowest BCUT2D eigenvalue weighted by Gasteiger charge is -2.06. The van der Waals surface area contributed by atoms with Crippen LogP contribution >= 0.6 is 0 Å². The van der Waals surface area contributed by atoms with E-state index in [1.807, 2.05) is 25.1 Å². The summed E-state index contributed by atoms with van der Waals surface area (Å²) in [6.45, 7) is 2.54. The van der Waals surface area contributed by atoms with E-state index in [1.54, 1.807) is 6.07 Å². The van der Waals surface area contributed by atoms with E-state index in [0.29, 0.717) is 12.1 Å². The van der Waals surface area contributed by atoms with Crippen LogP contribution in [-0.4, -0.2) is 17.4 Å². The van der Waals surface area contributed by atoms with Gasteiger partial charge in [-0.2, -0.15) is 0 Å². The Balaban J connectivity index is 1.67. The highest BCUT2D eigenvalue weighted by Gasteiger charge is 2.09. The Morgan fingerprint density at radius 2 is 2.00 bits per heavy atom. The van der Waals surface area contributed by atoms with Gasteiger partial charge in [-0.3, -0.25) is 4.79 Å². The lowest BCUT2D eigenvalue weighted by atomic mass is 10.1. The molecule has 1 aromatic heterocycles. The van der Waals surface area contributed by atoms with Gasteiger partial charge in [-0.1, -0.05) is 24.3 Å². The van der Waals surface area contributed by atoms with Crippen LogP contribution in [0.4, 0.5) is 4.39 Å². The van der Waals surface area contributed by atoms with Crippen LogP contribution in [0.2, 0.25) is 0 Å². The van der Waals surface area contributed by atoms with E-state index in [0.717, 1.165) is 17.6 Å². The summed E-state index contributed by atoms with van der Waals surface area (Å²) in [5.74, 6) is -0.655. The van der Waals surface area contributed by atoms with Gasteiger partial charge in [0.2, 0.25) is 0 Å². The number of fused-ring (bicyclic) bond motifs is 1. The zero-order valence-electron chi connectivity index (χ0n) is 12.3. The first-order valence-electron chi connectivity index (χ1n) is 7.25. The predicted molar refractivity (Wildman–Crippen MR) is 85.5 cm³/mol. The molecule has 1 heterocycles. The van der Waals surface area contributed by atoms with E-state index >= 15 is 0 Å². The van der Waals surface area contributed by atoms with Crippen molar-refractivity contribution in [1.29, 1.82) is 0 Å². The number of aromatic nitrogens is 1. The van der Waals surface area contributed by atoms with Crippen molar-refractivity contribution in [3.63, 3.8) is 0 Å². The van der Waals surface area contributed by atoms with Gasteiger partial charge in [0.05, 0.1) is 0 Å². The Morgan fingerprint density at radius 3 is 2.82 bits per heavy atom. The van der Waals surface area contributed by atoms with Gasteiger partial charge in [-0.15, -0.1) is 0 Å². The van der Waals surface area contributed by atoms with E-state index < -0.39 is 5.82 Å². The summed E-state index contributed by atoms with van der Waals surface area (Å²) >= 11 is 0. The number of nitrogens with one attached hydrogen (secondary N) is 2. The summed E-state index contributed by atoms with van der Waals surface area (Å²) in [6.07, 6.45) is 0.733. The second-order valence-electron chi connectivity index (χ2n) is 5.29. The highest BCUT2D eigenvalue weighted by molar-refractivity contribution is 5.94. The van der Waals surface area contributed by atoms with Crippen molar-refractivity contribution in [2.45, 2.75) is 13.3 Å². The van der Waals surface area contributed by atoms with Gasteiger partial charge in [0, 0.05) is 28.7 Å². The lowest BCUT2D eigenvalue weighted by Crippen LogP contribution is -2.25. The molecule has 0 aliphatic heterocycles. The number of carbonyl (C=O) groups is 1. The van der Waals surface area contributed by atoms with Crippen molar-refractivity contribution in [3.05, 3.63) is 71.2 Å². The molecule has 0 saturated heterocycles. The van der Waals surface area contributed by atoms with Crippen LogP contribution in [0.3, 0.4) is 0 Å². The molecule has 1 amide bonds. The molecular weight excluding hydrogens is 279 g/mol. The molecule has 2 aromatic carbocycles. The average molecular weight is 296 g/mol. The number of para-hydroxylation sites is 1. The summed E-state index contributed by atoms with van der Waals surface area (Å²) < 4.78 is 13.1. The first-order valence-corrected chi connectivity index (χ1v) is 7.25. The Morgan fingerprint density at radius 1 is 1.18 bits per heavy atom. The number of hydrogen-bond acceptors (Lipinski definition) is 1. The first kappa shape index (κ1) is 14.3. The number of benzene rings is 2. The SMILES string of the molecule is Cc1[nH]c2ccccc2c1CCNC(=O)c1cccc(F)c1. The average Bonchev–Trinajstić information content (AvgIpc) is 2.83. The maximum absolute atomic E-state index is 13.1. The van der Waals surface area contributed by atoms with Crippen molar-refractivity contribution in [2.75, 3.05) is 6.54 Å². The molecule has 0 atom stereocenters. The molecule has 0 aliphatic rings. The van der Waals surface area contributed by atoms with Crippen molar-refractivity contribution in [1.82, 2.24) is 10.3 Å². The summed E-state index contributed by atoms with van der Waals surface area (Å²) in [5, 5.41) is 4.02. The third kappa shape index (κ3) is 2.86. The molecule has 0 bridgehead atoms. The van der Waals surface area contributed by atoms with Crippen LogP contribution < -0.4 is 5.32 Å². The first-order chi connectivity index (χ1) is 10.6. The second kappa shape index (κ2) is 6.02. The zero-order valence-corrected chi connectivity index (χ0v) is 12.3. The van der Waals surface area contributed by atoms with Crippen LogP contribution in [0.15, 0.2) is 48.5 Å². The monoisotopic (exact) mass is 296 g/mol. The molecule has 0 fully saturated rings. The molecule has 0 spiro atoms. The molecule has 0 radical (unpaired) electrons. The number of H-pyrrole nitrogens is 1. The van der Waals surface area contributed by atoms with Crippen molar-refractivity contribution >= 4 is 16.8 Å². The van der Waals surface area contributed by atoms with Crippen LogP contribution in [0.5, 0.6) is 0 Å². The fourth-order valence-electron chi connectivity index (χ4n) is 2.69. The molecule has 112 valence electrons. The number of halogens is 1. The molecular formula is C18H17FN2O. The number of rotatable bonds is 4. The van der Waals surface area contributed by atoms with Gasteiger partial charge in [0.1, 0.15) is 5.82 Å². The highest BCUT2D eigenvalue weighted by Crippen LogP contribution is 2.21. The van der Waals surface area contributed by atoms with Crippen LogP contribution in [-0.2, 0) is 6.42 Å². The van der Waals surface area contributed by atoms with E-state index in [4.69, 9.17) is 0 Å². The maximum Gasteiger partial charge on any atom is 0.251 e. The zero-order chi connectivity index (χ0) is 15.5. The third-order valence-electron chi connectivity index (χ3n) is 3.77. The molecule has 3 aromatic rings. The molecule has 0 aliphatic carbocycles. The van der Waals surface area contributed by atoms with Crippen LogP contribution in [0, 0.1) is 12.7 Å². The number of aromatic amines is 1. The van der Waals surface area contributed by atoms with E-state index in [-0.39, 0.29) is 5.91 Å². The van der Waals surface area contributed by atoms with Crippen molar-refractivity contribution in [3.8, 4) is 0 Å². The minimum Gasteiger partial charge on any atom is -0.358 e. The summed E-state index contributed by atoms with van der Waals surface area (Å²) in [6, 6.07) is 13.8. The molecule has 0 unspecified atom stereocenters. The minimum atomic E-state index is -0.403. The van der Waals surface area contributed by atoms with Gasteiger partial charge in [0.15, 0.2) is 0 Å². The number of carbonyl (C=O) groups excluding carboxylic acids is 1. The Bertz CT molecular complexity index is 823. The largest absolute Gasteiger partial charge is 0.358 e. The molecule has 0 saturated carbocycles. The van der Waals surface area contributed by atoms with Crippen LogP contribution in [0.1, 0.15) is 21.6 Å². The van der Waals surface area contributed by atoms with Gasteiger partial charge in [-0.05, 0) is 43.2 Å². The molecule has 3 rings (SSSR count). The van der Waals surface area contributed by atoms with Crippen LogP contribution in [0.25, 0.3) is 10.9 Å². The van der Waals surface area contributed by atoms with E-state index in [9.17, 15) is 9.18 Å². The smallest absolute Gasteiger partial charge is 0.251 e. The van der Waals surface area contributed by atoms with Gasteiger partial charge in [0.25, 0.3) is 5.91 Å². The fraction of sp³-hybridized carbons (Fsp3) is 0.167. The van der Waals surface area contributed by atoms with Crippen molar-refractivity contribution in [2.24, 2.45) is 0 Å². The predicted octanol–water partition coefficient (Wildman–Crippen LogP) is 3.59. The third-order valence-corrected chi connectivity index (χ3v) is 3.77. The van der Waals surface area contributed by atoms with Gasteiger partial charge in [-0.25, -0.2) is 4.39 Å². The minimum absolute atomic E-state index is 0.253. The standard InChI is InChI=1S/C18H17FN2O/c1-12-15(16-7-2-3-8-17(16)21-12)9-10-20-18(22)13-5-4-6-14(19)11-13/h2-8,11,21H,9-10H2,1H3,(H,20,22). The second-order valence-corrected chi connectivity index (χ2v) is 5.29. The number of amides is 1. The number of hydrogen-bond donors (Lipinski definition) is 2. The van der Waals surface area contributed by atoms with E-state index in [2.05, 4.69) is 16.4 Å². The normalized spacial score (nSPS) is 10.8. The van der Waals surface area contributed by atoms with Crippen molar-refractivity contribution < 1.29 is 9.18 Å². The topological polar surface area (TPSA) is 44.9 Å². The molecule has 22 heavy (non-hydrogen) atoms. The quantitative estimate of drug-likeness (QED) is 0.759. The highest BCUT2D eigenvalue weighted by atomic mass is 19.1. The summed E-state index contributed by atoms with van der Waals surface area (Å²) in [7, 11) is 0. The van der Waals surface area contributed by atoms with Gasteiger partial charge >= 0.3 is 0 Å². The Labute approximate surface area is 128 Å². The Kier molecular flexibility index (Phi) is 3.92. The Hall–Kier alpha value is -2.62. The summed E-state index contributed by atoms with van der Waals surface area (Å²) in [4.78, 5) is 15.3. The number of aryl methyl sites for hydroxylation is 1. The summed E-state index contributed by atoms with van der Waals surface area (Å²) in [5.41, 5.74) is 3.76. The van der Waals surface area contributed by atoms with Gasteiger partial charge < -0.3 is 10.3 Å². The molecule has 2 N–H and O–H groups in total. The molecule has 3 nitrogen and oxygen atoms in total. The molecule has 4 heteroatoms. The fourth-order valence-corrected chi connectivity index (χ4v) is 2.69. The maximum atomic E-state index is 13.1.